The summed E-state index contributed by atoms with van der Waals surface area (Å²) in [4.78, 5) is 25.8. The summed E-state index contributed by atoms with van der Waals surface area (Å²) >= 11 is 5.70. The molecule has 2 aromatic heterocycles. The first-order valence-corrected chi connectivity index (χ1v) is 7.09. The lowest BCUT2D eigenvalue weighted by Gasteiger charge is -2.10. The van der Waals surface area contributed by atoms with E-state index < -0.39 is 22.6 Å². The van der Waals surface area contributed by atoms with Crippen molar-refractivity contribution in [3.8, 4) is 0 Å². The molecular formula is C13H11ClF3N5O3. The van der Waals surface area contributed by atoms with Gasteiger partial charge in [0.2, 0.25) is 5.91 Å². The fraction of sp³-hybridized carbons (Fsp3) is 0.308. The normalized spacial score (nSPS) is 11.4. The number of hydrogen-bond acceptors (Lipinski definition) is 5. The third-order valence-electron chi connectivity index (χ3n) is 3.25. The summed E-state index contributed by atoms with van der Waals surface area (Å²) in [5, 5.41) is 16.7. The molecule has 2 aromatic rings. The molecule has 0 spiro atoms. The van der Waals surface area contributed by atoms with Crippen LogP contribution in [0.4, 0.5) is 24.7 Å². The Hall–Kier alpha value is -2.69. The van der Waals surface area contributed by atoms with Crippen molar-refractivity contribution < 1.29 is 22.9 Å². The Morgan fingerprint density at radius 3 is 2.56 bits per heavy atom. The highest BCUT2D eigenvalue weighted by Crippen LogP contribution is 2.32. The third kappa shape index (κ3) is 4.05. The topological polar surface area (TPSA) is 103 Å². The van der Waals surface area contributed by atoms with Gasteiger partial charge in [-0.25, -0.2) is 4.98 Å². The zero-order chi connectivity index (χ0) is 18.9. The van der Waals surface area contributed by atoms with Crippen molar-refractivity contribution in [3.63, 3.8) is 0 Å². The third-order valence-corrected chi connectivity index (χ3v) is 3.53. The van der Waals surface area contributed by atoms with Crippen molar-refractivity contribution in [1.29, 1.82) is 0 Å². The second-order valence-corrected chi connectivity index (χ2v) is 5.44. The first-order valence-electron chi connectivity index (χ1n) is 6.71. The molecule has 1 amide bonds. The van der Waals surface area contributed by atoms with Crippen LogP contribution in [0.15, 0.2) is 12.3 Å². The summed E-state index contributed by atoms with van der Waals surface area (Å²) in [6, 6.07) is 0.637. The average Bonchev–Trinajstić information content (AvgIpc) is 2.74. The molecule has 8 nitrogen and oxygen atoms in total. The number of carbonyl (C=O) groups excluding carboxylic acids is 1. The predicted octanol–water partition coefficient (Wildman–Crippen LogP) is 3.11. The van der Waals surface area contributed by atoms with E-state index in [1.807, 2.05) is 0 Å². The number of nitro groups is 1. The lowest BCUT2D eigenvalue weighted by molar-refractivity contribution is -0.386. The van der Waals surface area contributed by atoms with Crippen LogP contribution in [0.5, 0.6) is 0 Å². The van der Waals surface area contributed by atoms with Crippen molar-refractivity contribution in [2.24, 2.45) is 0 Å². The van der Waals surface area contributed by atoms with Gasteiger partial charge in [-0.1, -0.05) is 11.6 Å². The number of hydrogen-bond donors (Lipinski definition) is 1. The molecule has 0 saturated carbocycles. The number of anilines is 1. The van der Waals surface area contributed by atoms with Crippen LogP contribution in [-0.2, 0) is 17.5 Å². The molecule has 0 aliphatic carbocycles. The number of pyridine rings is 1. The number of alkyl halides is 3. The number of rotatable bonds is 4. The van der Waals surface area contributed by atoms with E-state index in [1.165, 1.54) is 13.8 Å². The minimum absolute atomic E-state index is 0.140. The quantitative estimate of drug-likeness (QED) is 0.651. The summed E-state index contributed by atoms with van der Waals surface area (Å²) in [5.74, 6) is -0.953. The van der Waals surface area contributed by atoms with Gasteiger partial charge in [-0.2, -0.15) is 18.3 Å². The number of halogens is 4. The molecule has 0 bridgehead atoms. The van der Waals surface area contributed by atoms with Crippen molar-refractivity contribution in [2.45, 2.75) is 26.6 Å². The summed E-state index contributed by atoms with van der Waals surface area (Å²) < 4.78 is 38.8. The van der Waals surface area contributed by atoms with Gasteiger partial charge in [-0.3, -0.25) is 19.6 Å². The Morgan fingerprint density at radius 2 is 2.08 bits per heavy atom. The standard InChI is InChI=1S/C13H11ClF3N5O3/c1-6-11(22(24)25)7(2)21(20-6)5-10(23)19-12-9(14)3-8(4-18-12)13(15,16)17/h3-4H,5H2,1-2H3,(H,18,19,23). The molecule has 0 saturated heterocycles. The Kier molecular flexibility index (Phi) is 4.97. The van der Waals surface area contributed by atoms with Gasteiger partial charge in [0.1, 0.15) is 17.9 Å². The maximum atomic E-state index is 12.5. The van der Waals surface area contributed by atoms with Crippen molar-refractivity contribution >= 4 is 29.0 Å². The maximum Gasteiger partial charge on any atom is 0.417 e. The van der Waals surface area contributed by atoms with E-state index in [0.717, 1.165) is 4.68 Å². The van der Waals surface area contributed by atoms with Gasteiger partial charge < -0.3 is 5.32 Å². The molecule has 2 heterocycles. The molecule has 0 aliphatic rings. The van der Waals surface area contributed by atoms with Gasteiger partial charge in [-0.15, -0.1) is 0 Å². The van der Waals surface area contributed by atoms with E-state index in [-0.39, 0.29) is 34.5 Å². The monoisotopic (exact) mass is 377 g/mol. The molecule has 0 aliphatic heterocycles. The van der Waals surface area contributed by atoms with Crippen molar-refractivity contribution in [3.05, 3.63) is 44.4 Å². The predicted molar refractivity (Wildman–Crippen MR) is 81.2 cm³/mol. The van der Waals surface area contributed by atoms with Crippen LogP contribution < -0.4 is 5.32 Å². The Labute approximate surface area is 143 Å². The minimum Gasteiger partial charge on any atom is -0.308 e. The zero-order valence-corrected chi connectivity index (χ0v) is 13.6. The van der Waals surface area contributed by atoms with Crippen LogP contribution >= 0.6 is 11.6 Å². The Balaban J connectivity index is 2.16. The molecule has 0 unspecified atom stereocenters. The van der Waals surface area contributed by atoms with Gasteiger partial charge in [0.25, 0.3) is 0 Å². The van der Waals surface area contributed by atoms with Gasteiger partial charge in [0.15, 0.2) is 5.82 Å². The molecule has 25 heavy (non-hydrogen) atoms. The zero-order valence-electron chi connectivity index (χ0n) is 12.9. The van der Waals surface area contributed by atoms with E-state index >= 15 is 0 Å². The lowest BCUT2D eigenvalue weighted by Crippen LogP contribution is -2.21. The highest BCUT2D eigenvalue weighted by atomic mass is 35.5. The summed E-state index contributed by atoms with van der Waals surface area (Å²) in [7, 11) is 0. The molecular weight excluding hydrogens is 367 g/mol. The molecule has 12 heteroatoms. The largest absolute Gasteiger partial charge is 0.417 e. The molecule has 134 valence electrons. The van der Waals surface area contributed by atoms with E-state index in [9.17, 15) is 28.1 Å². The molecule has 0 fully saturated rings. The fourth-order valence-corrected chi connectivity index (χ4v) is 2.31. The van der Waals surface area contributed by atoms with Crippen molar-refractivity contribution in [1.82, 2.24) is 14.8 Å². The van der Waals surface area contributed by atoms with Gasteiger partial charge in [0, 0.05) is 6.20 Å². The van der Waals surface area contributed by atoms with Gasteiger partial charge in [0.05, 0.1) is 15.5 Å². The number of carbonyl (C=O) groups is 1. The van der Waals surface area contributed by atoms with Gasteiger partial charge in [-0.05, 0) is 19.9 Å². The number of nitrogens with zero attached hydrogens (tertiary/aromatic N) is 4. The SMILES string of the molecule is Cc1nn(CC(=O)Nc2ncc(C(F)(F)F)cc2Cl)c(C)c1[N+](=O)[O-]. The molecule has 0 aromatic carbocycles. The summed E-state index contributed by atoms with van der Waals surface area (Å²) in [6.45, 7) is 2.46. The Morgan fingerprint density at radius 1 is 1.44 bits per heavy atom. The van der Waals surface area contributed by atoms with Crippen LogP contribution in [0.3, 0.4) is 0 Å². The van der Waals surface area contributed by atoms with Crippen LogP contribution in [0.1, 0.15) is 17.0 Å². The van der Waals surface area contributed by atoms with E-state index in [1.54, 1.807) is 0 Å². The van der Waals surface area contributed by atoms with Crippen LogP contribution in [0, 0.1) is 24.0 Å². The number of nitrogens with one attached hydrogen (secondary N) is 1. The lowest BCUT2D eigenvalue weighted by atomic mass is 10.3. The van der Waals surface area contributed by atoms with Crippen molar-refractivity contribution in [2.75, 3.05) is 5.32 Å². The summed E-state index contributed by atoms with van der Waals surface area (Å²) in [5.41, 5.74) is -0.951. The van der Waals surface area contributed by atoms with Crippen LogP contribution in [0.2, 0.25) is 5.02 Å². The number of aromatic nitrogens is 3. The molecule has 0 atom stereocenters. The first kappa shape index (κ1) is 18.6. The van der Waals surface area contributed by atoms with Crippen LogP contribution in [0.25, 0.3) is 0 Å². The average molecular weight is 378 g/mol. The van der Waals surface area contributed by atoms with E-state index in [0.29, 0.717) is 12.3 Å². The first-order chi connectivity index (χ1) is 11.5. The molecule has 0 radical (unpaired) electrons. The number of amides is 1. The second-order valence-electron chi connectivity index (χ2n) is 5.03. The number of aryl methyl sites for hydroxylation is 1. The maximum absolute atomic E-state index is 12.5. The highest BCUT2D eigenvalue weighted by molar-refractivity contribution is 6.33. The fourth-order valence-electron chi connectivity index (χ4n) is 2.10. The van der Waals surface area contributed by atoms with Crippen LogP contribution in [-0.4, -0.2) is 25.6 Å². The Bertz CT molecular complexity index is 850. The second kappa shape index (κ2) is 6.67. The molecule has 2 rings (SSSR count). The smallest absolute Gasteiger partial charge is 0.308 e. The van der Waals surface area contributed by atoms with E-state index in [4.69, 9.17) is 11.6 Å². The summed E-state index contributed by atoms with van der Waals surface area (Å²) in [6.07, 6.45) is -4.07. The molecule has 1 N–H and O–H groups in total. The van der Waals surface area contributed by atoms with E-state index in [2.05, 4.69) is 15.4 Å². The van der Waals surface area contributed by atoms with Gasteiger partial charge >= 0.3 is 11.9 Å². The minimum atomic E-state index is -4.61. The highest BCUT2D eigenvalue weighted by Gasteiger charge is 2.31.